The van der Waals surface area contributed by atoms with Crippen LogP contribution in [0.15, 0.2) is 12.3 Å². The Balaban J connectivity index is 3.05. The molecule has 0 saturated heterocycles. The molecule has 1 heterocycles. The second-order valence-electron chi connectivity index (χ2n) is 2.66. The normalized spacial score (nSPS) is 15.2. The fourth-order valence-electron chi connectivity index (χ4n) is 0.966. The van der Waals surface area contributed by atoms with Gasteiger partial charge in [-0.05, 0) is 28.7 Å². The van der Waals surface area contributed by atoms with Gasteiger partial charge >= 0.3 is 0 Å². The summed E-state index contributed by atoms with van der Waals surface area (Å²) in [5, 5.41) is 19.1. The van der Waals surface area contributed by atoms with Gasteiger partial charge in [-0.1, -0.05) is 15.9 Å². The summed E-state index contributed by atoms with van der Waals surface area (Å²) in [6.07, 6.45) is -0.981. The Hall–Kier alpha value is 0.210. The van der Waals surface area contributed by atoms with Crippen LogP contribution in [0.25, 0.3) is 0 Å². The molecule has 0 bridgehead atoms. The van der Waals surface area contributed by atoms with Crippen molar-refractivity contribution in [1.82, 2.24) is 4.98 Å². The van der Waals surface area contributed by atoms with Crippen LogP contribution < -0.4 is 0 Å². The van der Waals surface area contributed by atoms with Gasteiger partial charge in [-0.15, -0.1) is 0 Å². The molecule has 78 valence electrons. The van der Waals surface area contributed by atoms with Gasteiger partial charge < -0.3 is 10.2 Å². The minimum absolute atomic E-state index is 0.0417. The zero-order valence-electron chi connectivity index (χ0n) is 6.99. The zero-order valence-corrected chi connectivity index (χ0v) is 10.7. The number of halogens is 3. The first-order valence-corrected chi connectivity index (χ1v) is 6.00. The molecular weight excluding hydrogens is 368 g/mol. The number of alkyl halides is 1. The van der Waals surface area contributed by atoms with Gasteiger partial charge in [0.1, 0.15) is 6.10 Å². The van der Waals surface area contributed by atoms with E-state index in [9.17, 15) is 14.6 Å². The quantitative estimate of drug-likeness (QED) is 0.479. The average Bonchev–Trinajstić information content (AvgIpc) is 2.16. The molecule has 0 aliphatic rings. The number of hydrogen-bond acceptors (Lipinski definition) is 3. The van der Waals surface area contributed by atoms with Crippen molar-refractivity contribution >= 4 is 38.5 Å². The summed E-state index contributed by atoms with van der Waals surface area (Å²) in [5.41, 5.74) is 0.0417. The van der Waals surface area contributed by atoms with Gasteiger partial charge in [0.2, 0.25) is 5.95 Å². The Bertz CT molecular complexity index is 306. The van der Waals surface area contributed by atoms with E-state index in [1.807, 2.05) is 22.6 Å². The summed E-state index contributed by atoms with van der Waals surface area (Å²) in [7, 11) is 0. The van der Waals surface area contributed by atoms with Crippen molar-refractivity contribution in [3.05, 3.63) is 27.3 Å². The highest BCUT2D eigenvalue weighted by Crippen LogP contribution is 2.24. The number of rotatable bonds is 3. The minimum atomic E-state index is -1.25. The SMILES string of the molecule is OC(CBr)C(O)c1c(I)ccnc1F. The van der Waals surface area contributed by atoms with Gasteiger partial charge in [-0.25, -0.2) is 4.98 Å². The van der Waals surface area contributed by atoms with E-state index in [2.05, 4.69) is 20.9 Å². The number of nitrogens with zero attached hydrogens (tertiary/aromatic N) is 1. The lowest BCUT2D eigenvalue weighted by molar-refractivity contribution is 0.0309. The van der Waals surface area contributed by atoms with Crippen molar-refractivity contribution in [2.24, 2.45) is 0 Å². The van der Waals surface area contributed by atoms with Crippen molar-refractivity contribution in [3.8, 4) is 0 Å². The molecule has 1 aromatic heterocycles. The van der Waals surface area contributed by atoms with Crippen LogP contribution in [0, 0.1) is 9.52 Å². The van der Waals surface area contributed by atoms with Gasteiger partial charge in [0.15, 0.2) is 0 Å². The third-order valence-electron chi connectivity index (χ3n) is 1.71. The third kappa shape index (κ3) is 2.62. The van der Waals surface area contributed by atoms with Crippen LogP contribution in [-0.2, 0) is 0 Å². The Morgan fingerprint density at radius 1 is 1.57 bits per heavy atom. The molecule has 6 heteroatoms. The van der Waals surface area contributed by atoms with E-state index in [1.165, 1.54) is 6.20 Å². The first-order chi connectivity index (χ1) is 6.57. The monoisotopic (exact) mass is 375 g/mol. The van der Waals surface area contributed by atoms with E-state index >= 15 is 0 Å². The summed E-state index contributed by atoms with van der Waals surface area (Å²) >= 11 is 4.89. The highest BCUT2D eigenvalue weighted by Gasteiger charge is 2.23. The molecule has 1 rings (SSSR count). The predicted octanol–water partition coefficient (Wildman–Crippen LogP) is 1.61. The Kier molecular flexibility index (Phi) is 4.68. The lowest BCUT2D eigenvalue weighted by atomic mass is 10.1. The molecule has 0 radical (unpaired) electrons. The molecule has 0 aromatic carbocycles. The number of aromatic nitrogens is 1. The molecule has 0 aliphatic heterocycles. The summed E-state index contributed by atoms with van der Waals surface area (Å²) in [5.74, 6) is -0.746. The van der Waals surface area contributed by atoms with Gasteiger partial charge in [-0.3, -0.25) is 0 Å². The number of pyridine rings is 1. The fraction of sp³-hybridized carbons (Fsp3) is 0.375. The number of aliphatic hydroxyl groups is 2. The van der Waals surface area contributed by atoms with Gasteiger partial charge in [0.25, 0.3) is 0 Å². The van der Waals surface area contributed by atoms with Crippen LogP contribution in [-0.4, -0.2) is 26.6 Å². The van der Waals surface area contributed by atoms with Crippen LogP contribution in [0.3, 0.4) is 0 Å². The maximum absolute atomic E-state index is 13.2. The van der Waals surface area contributed by atoms with E-state index in [0.29, 0.717) is 3.57 Å². The smallest absolute Gasteiger partial charge is 0.219 e. The molecule has 2 unspecified atom stereocenters. The van der Waals surface area contributed by atoms with E-state index in [1.54, 1.807) is 6.07 Å². The molecule has 1 aromatic rings. The van der Waals surface area contributed by atoms with E-state index < -0.39 is 18.2 Å². The molecule has 14 heavy (non-hydrogen) atoms. The molecule has 2 atom stereocenters. The molecular formula is C8H8BrFINO2. The van der Waals surface area contributed by atoms with E-state index in [-0.39, 0.29) is 10.9 Å². The second-order valence-corrected chi connectivity index (χ2v) is 4.47. The number of hydrogen-bond donors (Lipinski definition) is 2. The Morgan fingerprint density at radius 2 is 2.21 bits per heavy atom. The van der Waals surface area contributed by atoms with Crippen molar-refractivity contribution in [1.29, 1.82) is 0 Å². The van der Waals surface area contributed by atoms with Crippen LogP contribution >= 0.6 is 38.5 Å². The van der Waals surface area contributed by atoms with Crippen LogP contribution in [0.1, 0.15) is 11.7 Å². The summed E-state index contributed by atoms with van der Waals surface area (Å²) in [4.78, 5) is 3.42. The largest absolute Gasteiger partial charge is 0.389 e. The fourth-order valence-corrected chi connectivity index (χ4v) is 2.02. The summed E-state index contributed by atoms with van der Waals surface area (Å²) in [6, 6.07) is 1.57. The standard InChI is InChI=1S/C8H8BrFINO2/c9-3-5(13)7(14)6-4(11)1-2-12-8(6)10/h1-2,5,7,13-14H,3H2. The van der Waals surface area contributed by atoms with Crippen molar-refractivity contribution < 1.29 is 14.6 Å². The number of aliphatic hydroxyl groups excluding tert-OH is 2. The predicted molar refractivity (Wildman–Crippen MR) is 61.7 cm³/mol. The van der Waals surface area contributed by atoms with Gasteiger partial charge in [0.05, 0.1) is 11.7 Å². The molecule has 0 amide bonds. The van der Waals surface area contributed by atoms with Crippen molar-refractivity contribution in [2.45, 2.75) is 12.2 Å². The molecule has 0 fully saturated rings. The molecule has 3 nitrogen and oxygen atoms in total. The van der Waals surface area contributed by atoms with Crippen molar-refractivity contribution in [3.63, 3.8) is 0 Å². The molecule has 0 saturated carbocycles. The van der Waals surface area contributed by atoms with Gasteiger partial charge in [-0.2, -0.15) is 4.39 Å². The third-order valence-corrected chi connectivity index (χ3v) is 3.31. The molecule has 0 spiro atoms. The van der Waals surface area contributed by atoms with E-state index in [4.69, 9.17) is 0 Å². The van der Waals surface area contributed by atoms with Crippen LogP contribution in [0.5, 0.6) is 0 Å². The molecule has 0 aliphatic carbocycles. The first-order valence-electron chi connectivity index (χ1n) is 3.80. The second kappa shape index (κ2) is 5.34. The van der Waals surface area contributed by atoms with Crippen LogP contribution in [0.2, 0.25) is 0 Å². The highest BCUT2D eigenvalue weighted by molar-refractivity contribution is 14.1. The van der Waals surface area contributed by atoms with Gasteiger partial charge in [0, 0.05) is 15.1 Å². The maximum Gasteiger partial charge on any atom is 0.219 e. The average molecular weight is 376 g/mol. The van der Waals surface area contributed by atoms with E-state index in [0.717, 1.165) is 0 Å². The highest BCUT2D eigenvalue weighted by atomic mass is 127. The van der Waals surface area contributed by atoms with Crippen LogP contribution in [0.4, 0.5) is 4.39 Å². The first kappa shape index (κ1) is 12.3. The zero-order chi connectivity index (χ0) is 10.7. The maximum atomic E-state index is 13.2. The Labute approximate surface area is 103 Å². The summed E-state index contributed by atoms with van der Waals surface area (Å²) in [6.45, 7) is 0. The lowest BCUT2D eigenvalue weighted by Gasteiger charge is -2.17. The molecule has 2 N–H and O–H groups in total. The van der Waals surface area contributed by atoms with Crippen molar-refractivity contribution in [2.75, 3.05) is 5.33 Å². The lowest BCUT2D eigenvalue weighted by Crippen LogP contribution is -2.22. The topological polar surface area (TPSA) is 53.4 Å². The Morgan fingerprint density at radius 3 is 2.71 bits per heavy atom. The minimum Gasteiger partial charge on any atom is -0.389 e. The summed E-state index contributed by atoms with van der Waals surface area (Å²) < 4.78 is 13.7.